The summed E-state index contributed by atoms with van der Waals surface area (Å²) in [6.07, 6.45) is 11.4. The third-order valence-electron chi connectivity index (χ3n) is 5.70. The summed E-state index contributed by atoms with van der Waals surface area (Å²) in [7, 11) is 0. The van der Waals surface area contributed by atoms with Gasteiger partial charge < -0.3 is 15.5 Å². The van der Waals surface area contributed by atoms with Crippen LogP contribution in [0.25, 0.3) is 0 Å². The maximum absolute atomic E-state index is 12.6. The number of amides is 1. The second-order valence-corrected chi connectivity index (χ2v) is 7.82. The summed E-state index contributed by atoms with van der Waals surface area (Å²) in [5.74, 6) is 0.521. The molecule has 2 aromatic rings. The minimum absolute atomic E-state index is 0.209. The molecule has 2 aliphatic rings. The van der Waals surface area contributed by atoms with Crippen molar-refractivity contribution in [2.45, 2.75) is 57.4 Å². The Morgan fingerprint density at radius 1 is 0.929 bits per heavy atom. The van der Waals surface area contributed by atoms with Crippen LogP contribution >= 0.6 is 0 Å². The summed E-state index contributed by atoms with van der Waals surface area (Å²) in [6, 6.07) is 10.3. The highest BCUT2D eigenvalue weighted by atomic mass is 16.1. The number of piperidine rings is 1. The van der Waals surface area contributed by atoms with E-state index < -0.39 is 0 Å². The van der Waals surface area contributed by atoms with E-state index in [1.165, 1.54) is 50.5 Å². The normalized spacial score (nSPS) is 17.9. The molecular weight excluding hydrogens is 350 g/mol. The van der Waals surface area contributed by atoms with Gasteiger partial charge in [0.2, 0.25) is 0 Å². The Kier molecular flexibility index (Phi) is 6.04. The Balaban J connectivity index is 1.37. The second kappa shape index (κ2) is 9.04. The Hall–Kier alpha value is -2.63. The van der Waals surface area contributed by atoms with E-state index in [2.05, 4.69) is 37.6 Å². The zero-order valence-electron chi connectivity index (χ0n) is 16.4. The molecule has 2 N–H and O–H groups in total. The molecule has 0 unspecified atom stereocenters. The average Bonchev–Trinajstić information content (AvgIpc) is 2.76. The van der Waals surface area contributed by atoms with E-state index in [-0.39, 0.29) is 5.91 Å². The van der Waals surface area contributed by atoms with Gasteiger partial charge >= 0.3 is 0 Å². The molecule has 0 spiro atoms. The quantitative estimate of drug-likeness (QED) is 0.802. The van der Waals surface area contributed by atoms with E-state index in [0.717, 1.165) is 37.4 Å². The molecule has 0 atom stereocenters. The lowest BCUT2D eigenvalue weighted by Gasteiger charge is -2.28. The molecule has 1 amide bonds. The van der Waals surface area contributed by atoms with E-state index in [1.54, 1.807) is 6.07 Å². The maximum atomic E-state index is 12.6. The zero-order valence-corrected chi connectivity index (χ0v) is 16.4. The van der Waals surface area contributed by atoms with Gasteiger partial charge in [0.1, 0.15) is 17.8 Å². The van der Waals surface area contributed by atoms with Crippen LogP contribution in [0.5, 0.6) is 0 Å². The molecule has 1 aromatic heterocycles. The number of carbonyl (C=O) groups is 1. The van der Waals surface area contributed by atoms with Crippen LogP contribution in [-0.2, 0) is 0 Å². The van der Waals surface area contributed by atoms with E-state index in [9.17, 15) is 4.79 Å². The predicted octanol–water partition coefficient (Wildman–Crippen LogP) is 4.46. The van der Waals surface area contributed by atoms with Crippen LogP contribution < -0.4 is 15.5 Å². The summed E-state index contributed by atoms with van der Waals surface area (Å²) >= 11 is 0. The van der Waals surface area contributed by atoms with Crippen molar-refractivity contribution in [2.75, 3.05) is 28.6 Å². The summed E-state index contributed by atoms with van der Waals surface area (Å²) in [4.78, 5) is 23.4. The average molecular weight is 380 g/mol. The fourth-order valence-electron chi connectivity index (χ4n) is 4.12. The molecule has 148 valence electrons. The van der Waals surface area contributed by atoms with Gasteiger partial charge in [0.15, 0.2) is 0 Å². The van der Waals surface area contributed by atoms with Gasteiger partial charge in [-0.2, -0.15) is 0 Å². The number of nitrogens with zero attached hydrogens (tertiary/aromatic N) is 3. The van der Waals surface area contributed by atoms with Crippen LogP contribution in [0.4, 0.5) is 17.2 Å². The third kappa shape index (κ3) is 4.80. The molecule has 2 heterocycles. The van der Waals surface area contributed by atoms with Crippen molar-refractivity contribution < 1.29 is 4.79 Å². The predicted molar refractivity (Wildman–Crippen MR) is 113 cm³/mol. The van der Waals surface area contributed by atoms with Gasteiger partial charge in [-0.3, -0.25) is 4.79 Å². The molecular formula is C22H29N5O. The molecule has 2 fully saturated rings. The monoisotopic (exact) mass is 379 g/mol. The number of rotatable bonds is 5. The fraction of sp³-hybridized carbons (Fsp3) is 0.500. The van der Waals surface area contributed by atoms with Gasteiger partial charge in [-0.15, -0.1) is 0 Å². The zero-order chi connectivity index (χ0) is 19.2. The molecule has 1 saturated heterocycles. The van der Waals surface area contributed by atoms with Crippen molar-refractivity contribution in [1.29, 1.82) is 0 Å². The number of nitrogens with one attached hydrogen (secondary N) is 2. The standard InChI is InChI=1S/C22H29N5O/c28-22(20-15-21(24-16-23-20)25-17-7-3-1-4-8-17)26-18-9-11-19(12-10-18)27-13-5-2-6-14-27/h9-12,15-17H,1-8,13-14H2,(H,26,28)(H,23,24,25). The van der Waals surface area contributed by atoms with Crippen molar-refractivity contribution in [3.8, 4) is 0 Å². The maximum Gasteiger partial charge on any atom is 0.274 e. The van der Waals surface area contributed by atoms with E-state index in [4.69, 9.17) is 0 Å². The highest BCUT2D eigenvalue weighted by molar-refractivity contribution is 6.03. The van der Waals surface area contributed by atoms with Gasteiger partial charge in [-0.1, -0.05) is 19.3 Å². The molecule has 28 heavy (non-hydrogen) atoms. The third-order valence-corrected chi connectivity index (χ3v) is 5.70. The number of carbonyl (C=O) groups excluding carboxylic acids is 1. The van der Waals surface area contributed by atoms with Crippen molar-refractivity contribution in [3.63, 3.8) is 0 Å². The van der Waals surface area contributed by atoms with Crippen molar-refractivity contribution in [2.24, 2.45) is 0 Å². The Bertz CT molecular complexity index is 780. The number of anilines is 3. The van der Waals surface area contributed by atoms with E-state index >= 15 is 0 Å². The smallest absolute Gasteiger partial charge is 0.274 e. The van der Waals surface area contributed by atoms with Gasteiger partial charge in [-0.25, -0.2) is 9.97 Å². The molecule has 6 nitrogen and oxygen atoms in total. The summed E-state index contributed by atoms with van der Waals surface area (Å²) in [6.45, 7) is 2.23. The van der Waals surface area contributed by atoms with Gasteiger partial charge in [0.25, 0.3) is 5.91 Å². The van der Waals surface area contributed by atoms with E-state index in [0.29, 0.717) is 11.7 Å². The Morgan fingerprint density at radius 2 is 1.64 bits per heavy atom. The van der Waals surface area contributed by atoms with E-state index in [1.807, 2.05) is 12.1 Å². The minimum Gasteiger partial charge on any atom is -0.372 e. The largest absolute Gasteiger partial charge is 0.372 e. The van der Waals surface area contributed by atoms with Crippen molar-refractivity contribution in [3.05, 3.63) is 42.4 Å². The van der Waals surface area contributed by atoms with Crippen molar-refractivity contribution in [1.82, 2.24) is 9.97 Å². The highest BCUT2D eigenvalue weighted by Gasteiger charge is 2.15. The van der Waals surface area contributed by atoms with Crippen LogP contribution in [0.15, 0.2) is 36.7 Å². The lowest BCUT2D eigenvalue weighted by atomic mass is 9.95. The number of hydrogen-bond donors (Lipinski definition) is 2. The molecule has 1 aliphatic heterocycles. The lowest BCUT2D eigenvalue weighted by Crippen LogP contribution is -2.29. The first-order valence-corrected chi connectivity index (χ1v) is 10.5. The molecule has 0 bridgehead atoms. The molecule has 6 heteroatoms. The highest BCUT2D eigenvalue weighted by Crippen LogP contribution is 2.23. The molecule has 1 aromatic carbocycles. The van der Waals surface area contributed by atoms with Crippen molar-refractivity contribution >= 4 is 23.1 Å². The first-order valence-electron chi connectivity index (χ1n) is 10.5. The number of hydrogen-bond acceptors (Lipinski definition) is 5. The van der Waals surface area contributed by atoms with Crippen LogP contribution in [0, 0.1) is 0 Å². The first-order chi connectivity index (χ1) is 13.8. The van der Waals surface area contributed by atoms with Crippen LogP contribution in [0.1, 0.15) is 61.9 Å². The SMILES string of the molecule is O=C(Nc1ccc(N2CCCCC2)cc1)c1cc(NC2CCCCC2)ncn1. The summed E-state index contributed by atoms with van der Waals surface area (Å²) in [5, 5.41) is 6.39. The number of aromatic nitrogens is 2. The van der Waals surface area contributed by atoms with Crippen LogP contribution in [-0.4, -0.2) is 35.0 Å². The minimum atomic E-state index is -0.209. The summed E-state index contributed by atoms with van der Waals surface area (Å²) in [5.41, 5.74) is 2.39. The van der Waals surface area contributed by atoms with Gasteiger partial charge in [-0.05, 0) is 56.4 Å². The molecule has 1 saturated carbocycles. The molecule has 4 rings (SSSR count). The van der Waals surface area contributed by atoms with Gasteiger partial charge in [0, 0.05) is 36.6 Å². The molecule has 0 radical (unpaired) electrons. The topological polar surface area (TPSA) is 70.2 Å². The fourth-order valence-corrected chi connectivity index (χ4v) is 4.12. The Labute approximate surface area is 166 Å². The van der Waals surface area contributed by atoms with Crippen LogP contribution in [0.2, 0.25) is 0 Å². The number of benzene rings is 1. The lowest BCUT2D eigenvalue weighted by molar-refractivity contribution is 0.102. The second-order valence-electron chi connectivity index (χ2n) is 7.82. The molecule has 1 aliphatic carbocycles. The summed E-state index contributed by atoms with van der Waals surface area (Å²) < 4.78 is 0. The van der Waals surface area contributed by atoms with Gasteiger partial charge in [0.05, 0.1) is 0 Å². The van der Waals surface area contributed by atoms with Crippen LogP contribution in [0.3, 0.4) is 0 Å². The Morgan fingerprint density at radius 3 is 2.39 bits per heavy atom. The first kappa shape index (κ1) is 18.7.